The Morgan fingerprint density at radius 2 is 1.64 bits per heavy atom. The summed E-state index contributed by atoms with van der Waals surface area (Å²) in [7, 11) is 1.83. The summed E-state index contributed by atoms with van der Waals surface area (Å²) in [5, 5.41) is 0. The molecule has 4 rings (SSSR count). The molecule has 1 amide bonds. The molecule has 2 aliphatic heterocycles. The maximum atomic E-state index is 12.9. The molecule has 6 heteroatoms. The average Bonchev–Trinajstić information content (AvgIpc) is 3.07. The van der Waals surface area contributed by atoms with Crippen molar-refractivity contribution in [2.24, 2.45) is 7.05 Å². The van der Waals surface area contributed by atoms with Crippen molar-refractivity contribution in [2.75, 3.05) is 50.7 Å². The minimum absolute atomic E-state index is 0.0118. The van der Waals surface area contributed by atoms with Crippen LogP contribution in [0.15, 0.2) is 42.6 Å². The Kier molecular flexibility index (Phi) is 5.48. The number of piperazine rings is 1. The molecule has 3 heterocycles. The van der Waals surface area contributed by atoms with Crippen LogP contribution in [-0.2, 0) is 7.05 Å². The second-order valence-corrected chi connectivity index (χ2v) is 7.67. The zero-order valence-electron chi connectivity index (χ0n) is 16.5. The van der Waals surface area contributed by atoms with Crippen molar-refractivity contribution >= 4 is 17.4 Å². The fraction of sp³-hybridized carbons (Fsp3) is 0.455. The molecule has 6 nitrogen and oxygen atoms in total. The first kappa shape index (κ1) is 18.7. The first-order chi connectivity index (χ1) is 13.6. The van der Waals surface area contributed by atoms with Crippen molar-refractivity contribution in [2.45, 2.75) is 12.8 Å². The highest BCUT2D eigenvalue weighted by Crippen LogP contribution is 2.20. The molecule has 1 fully saturated rings. The van der Waals surface area contributed by atoms with Crippen molar-refractivity contribution in [3.63, 3.8) is 0 Å². The number of benzene rings is 1. The van der Waals surface area contributed by atoms with Gasteiger partial charge in [-0.1, -0.05) is 18.2 Å². The summed E-state index contributed by atoms with van der Waals surface area (Å²) in [5.74, 6) is 0.0609. The van der Waals surface area contributed by atoms with Gasteiger partial charge in [-0.2, -0.15) is 0 Å². The van der Waals surface area contributed by atoms with Crippen LogP contribution < -0.4 is 4.90 Å². The zero-order valence-corrected chi connectivity index (χ0v) is 16.5. The molecule has 2 aliphatic rings. The molecular formula is C22H28N4O2. The highest BCUT2D eigenvalue weighted by molar-refractivity contribution is 6.08. The molecule has 2 aromatic rings. The number of amides is 1. The predicted molar refractivity (Wildman–Crippen MR) is 110 cm³/mol. The quantitative estimate of drug-likeness (QED) is 0.798. The first-order valence-electron chi connectivity index (χ1n) is 10.1. The maximum Gasteiger partial charge on any atom is 0.271 e. The van der Waals surface area contributed by atoms with Crippen LogP contribution in [0.5, 0.6) is 0 Å². The summed E-state index contributed by atoms with van der Waals surface area (Å²) in [6, 6.07) is 12.3. The number of anilines is 1. The van der Waals surface area contributed by atoms with E-state index in [0.29, 0.717) is 30.8 Å². The van der Waals surface area contributed by atoms with Gasteiger partial charge in [0.15, 0.2) is 5.78 Å². The second-order valence-electron chi connectivity index (χ2n) is 7.67. The third kappa shape index (κ3) is 3.83. The summed E-state index contributed by atoms with van der Waals surface area (Å²) in [5.41, 5.74) is 2.41. The Labute approximate surface area is 166 Å². The summed E-state index contributed by atoms with van der Waals surface area (Å²) in [4.78, 5) is 31.9. The van der Waals surface area contributed by atoms with Crippen LogP contribution in [0.4, 0.5) is 5.69 Å². The van der Waals surface area contributed by atoms with E-state index in [2.05, 4.69) is 40.1 Å². The van der Waals surface area contributed by atoms with Crippen molar-refractivity contribution in [1.29, 1.82) is 0 Å². The van der Waals surface area contributed by atoms with Gasteiger partial charge in [0.05, 0.1) is 0 Å². The van der Waals surface area contributed by atoms with Gasteiger partial charge in [-0.05, 0) is 31.2 Å². The van der Waals surface area contributed by atoms with Crippen molar-refractivity contribution in [3.05, 3.63) is 53.9 Å². The van der Waals surface area contributed by atoms with E-state index >= 15 is 0 Å². The minimum atomic E-state index is -0.0118. The number of hydrogen-bond acceptors (Lipinski definition) is 4. The van der Waals surface area contributed by atoms with Crippen molar-refractivity contribution in [3.8, 4) is 0 Å². The lowest BCUT2D eigenvalue weighted by Gasteiger charge is -2.36. The van der Waals surface area contributed by atoms with Gasteiger partial charge < -0.3 is 14.4 Å². The SMILES string of the molecule is Cn1ccc2c1C(=O)N(CCCN1CCN(c3ccccc3)CC1)CCC2=O. The lowest BCUT2D eigenvalue weighted by atomic mass is 10.1. The van der Waals surface area contributed by atoms with Crippen LogP contribution in [0.3, 0.4) is 0 Å². The number of Topliss-reactive ketones (excluding diaryl/α,β-unsaturated/α-hetero) is 1. The van der Waals surface area contributed by atoms with Gasteiger partial charge in [0, 0.05) is 70.2 Å². The third-order valence-corrected chi connectivity index (χ3v) is 5.87. The second kappa shape index (κ2) is 8.19. The molecule has 28 heavy (non-hydrogen) atoms. The molecule has 0 atom stereocenters. The van der Waals surface area contributed by atoms with Crippen LogP contribution in [0, 0.1) is 0 Å². The fourth-order valence-corrected chi connectivity index (χ4v) is 4.21. The number of carbonyl (C=O) groups is 2. The molecule has 0 spiro atoms. The molecule has 0 N–H and O–H groups in total. The van der Waals surface area contributed by atoms with Crippen LogP contribution in [0.2, 0.25) is 0 Å². The van der Waals surface area contributed by atoms with E-state index in [0.717, 1.165) is 39.1 Å². The zero-order chi connectivity index (χ0) is 19.5. The molecule has 0 saturated carbocycles. The van der Waals surface area contributed by atoms with Crippen LogP contribution in [0.25, 0.3) is 0 Å². The van der Waals surface area contributed by atoms with E-state index in [9.17, 15) is 9.59 Å². The Morgan fingerprint density at radius 3 is 2.39 bits per heavy atom. The highest BCUT2D eigenvalue weighted by atomic mass is 16.2. The van der Waals surface area contributed by atoms with E-state index in [4.69, 9.17) is 0 Å². The number of rotatable bonds is 5. The molecule has 0 radical (unpaired) electrons. The van der Waals surface area contributed by atoms with Gasteiger partial charge in [0.1, 0.15) is 5.69 Å². The van der Waals surface area contributed by atoms with E-state index in [1.165, 1.54) is 5.69 Å². The Balaban J connectivity index is 1.27. The molecule has 0 unspecified atom stereocenters. The van der Waals surface area contributed by atoms with Crippen molar-refractivity contribution < 1.29 is 9.59 Å². The number of nitrogens with zero attached hydrogens (tertiary/aromatic N) is 4. The number of aromatic nitrogens is 1. The number of aryl methyl sites for hydroxylation is 1. The monoisotopic (exact) mass is 380 g/mol. The summed E-state index contributed by atoms with van der Waals surface area (Å²) >= 11 is 0. The molecule has 0 bridgehead atoms. The Morgan fingerprint density at radius 1 is 0.893 bits per heavy atom. The molecule has 148 valence electrons. The maximum absolute atomic E-state index is 12.9. The number of hydrogen-bond donors (Lipinski definition) is 0. The normalized spacial score (nSPS) is 18.3. The highest BCUT2D eigenvalue weighted by Gasteiger charge is 2.29. The number of ketones is 1. The summed E-state index contributed by atoms with van der Waals surface area (Å²) < 4.78 is 1.77. The average molecular weight is 380 g/mol. The van der Waals surface area contributed by atoms with E-state index in [1.807, 2.05) is 11.9 Å². The lowest BCUT2D eigenvalue weighted by molar-refractivity contribution is 0.0741. The Hall–Kier alpha value is -2.60. The van der Waals surface area contributed by atoms with Crippen LogP contribution in [0.1, 0.15) is 33.7 Å². The Bertz CT molecular complexity index is 837. The van der Waals surface area contributed by atoms with Gasteiger partial charge in [0.25, 0.3) is 5.91 Å². The van der Waals surface area contributed by atoms with E-state index in [-0.39, 0.29) is 11.7 Å². The topological polar surface area (TPSA) is 48.8 Å². The largest absolute Gasteiger partial charge is 0.369 e. The lowest BCUT2D eigenvalue weighted by Crippen LogP contribution is -2.47. The summed E-state index contributed by atoms with van der Waals surface area (Å²) in [6.07, 6.45) is 3.15. The number of para-hydroxylation sites is 1. The number of carbonyl (C=O) groups excluding carboxylic acids is 2. The molecule has 1 aromatic heterocycles. The predicted octanol–water partition coefficient (Wildman–Crippen LogP) is 2.27. The van der Waals surface area contributed by atoms with Gasteiger partial charge in [0.2, 0.25) is 0 Å². The van der Waals surface area contributed by atoms with Gasteiger partial charge in [-0.15, -0.1) is 0 Å². The fourth-order valence-electron chi connectivity index (χ4n) is 4.21. The molecule has 1 saturated heterocycles. The minimum Gasteiger partial charge on any atom is -0.369 e. The van der Waals surface area contributed by atoms with Crippen molar-refractivity contribution in [1.82, 2.24) is 14.4 Å². The molecule has 1 aromatic carbocycles. The van der Waals surface area contributed by atoms with Crippen LogP contribution in [-0.4, -0.2) is 71.9 Å². The van der Waals surface area contributed by atoms with E-state index < -0.39 is 0 Å². The van der Waals surface area contributed by atoms with Crippen LogP contribution >= 0.6 is 0 Å². The standard InChI is InChI=1S/C22H28N4O2/c1-23-12-8-19-20(27)9-13-26(22(28)21(19)23)11-5-10-24-14-16-25(17-15-24)18-6-3-2-4-7-18/h2-4,6-8,12H,5,9-11,13-17H2,1H3. The first-order valence-corrected chi connectivity index (χ1v) is 10.1. The van der Waals surface area contributed by atoms with Gasteiger partial charge in [-0.25, -0.2) is 0 Å². The van der Waals surface area contributed by atoms with Gasteiger partial charge >= 0.3 is 0 Å². The number of fused-ring (bicyclic) bond motifs is 1. The van der Waals surface area contributed by atoms with Gasteiger partial charge in [-0.3, -0.25) is 14.5 Å². The van der Waals surface area contributed by atoms with E-state index in [1.54, 1.807) is 16.8 Å². The smallest absolute Gasteiger partial charge is 0.271 e. The molecule has 0 aliphatic carbocycles. The molecular weight excluding hydrogens is 352 g/mol. The summed E-state index contributed by atoms with van der Waals surface area (Å²) in [6.45, 7) is 6.37. The third-order valence-electron chi connectivity index (χ3n) is 5.87.